The second-order valence-electron chi connectivity index (χ2n) is 4.27. The van der Waals surface area contributed by atoms with Crippen molar-refractivity contribution in [2.75, 3.05) is 5.73 Å². The molecule has 5 heteroatoms. The normalized spacial score (nSPS) is 10.5. The minimum absolute atomic E-state index is 0.0975. The number of hydrogen-bond donors (Lipinski definition) is 2. The molecule has 0 amide bonds. The van der Waals surface area contributed by atoms with E-state index in [0.29, 0.717) is 17.9 Å². The average molecular weight is 245 g/mol. The van der Waals surface area contributed by atoms with Crippen LogP contribution < -0.4 is 5.73 Å². The second kappa shape index (κ2) is 4.91. The van der Waals surface area contributed by atoms with E-state index in [0.717, 1.165) is 5.56 Å². The number of rotatable bonds is 4. The van der Waals surface area contributed by atoms with Crippen LogP contribution in [0.25, 0.3) is 0 Å². The van der Waals surface area contributed by atoms with Gasteiger partial charge in [-0.2, -0.15) is 5.10 Å². The summed E-state index contributed by atoms with van der Waals surface area (Å²) < 4.78 is 1.61. The number of anilines is 1. The van der Waals surface area contributed by atoms with Gasteiger partial charge in [0.15, 0.2) is 0 Å². The lowest BCUT2D eigenvalue weighted by Gasteiger charge is -2.05. The zero-order valence-electron chi connectivity index (χ0n) is 10.1. The lowest BCUT2D eigenvalue weighted by molar-refractivity contribution is -0.136. The van der Waals surface area contributed by atoms with Crippen LogP contribution in [0, 0.1) is 6.92 Å². The van der Waals surface area contributed by atoms with Gasteiger partial charge in [0.2, 0.25) is 0 Å². The van der Waals surface area contributed by atoms with Crippen molar-refractivity contribution >= 4 is 11.8 Å². The maximum absolute atomic E-state index is 10.6. The van der Waals surface area contributed by atoms with E-state index in [9.17, 15) is 4.79 Å². The third-order valence-electron chi connectivity index (χ3n) is 2.75. The third kappa shape index (κ3) is 2.68. The van der Waals surface area contributed by atoms with Gasteiger partial charge in [-0.05, 0) is 12.5 Å². The fourth-order valence-electron chi connectivity index (χ4n) is 1.73. The quantitative estimate of drug-likeness (QED) is 0.854. The topological polar surface area (TPSA) is 81.1 Å². The molecule has 0 aliphatic heterocycles. The first kappa shape index (κ1) is 12.2. The molecule has 0 spiro atoms. The van der Waals surface area contributed by atoms with E-state index in [2.05, 4.69) is 5.10 Å². The van der Waals surface area contributed by atoms with Crippen molar-refractivity contribution in [3.05, 3.63) is 47.2 Å². The predicted molar refractivity (Wildman–Crippen MR) is 68.3 cm³/mol. The molecule has 1 heterocycles. The van der Waals surface area contributed by atoms with Crippen LogP contribution >= 0.6 is 0 Å². The summed E-state index contributed by atoms with van der Waals surface area (Å²) in [7, 11) is 0. The van der Waals surface area contributed by atoms with Crippen LogP contribution in [0.3, 0.4) is 0 Å². The van der Waals surface area contributed by atoms with Gasteiger partial charge in [0.1, 0.15) is 5.82 Å². The van der Waals surface area contributed by atoms with E-state index >= 15 is 0 Å². The summed E-state index contributed by atoms with van der Waals surface area (Å²) in [5.74, 6) is -0.491. The fourth-order valence-corrected chi connectivity index (χ4v) is 1.73. The van der Waals surface area contributed by atoms with E-state index in [-0.39, 0.29) is 6.42 Å². The van der Waals surface area contributed by atoms with E-state index in [4.69, 9.17) is 10.8 Å². The highest BCUT2D eigenvalue weighted by atomic mass is 16.4. The van der Waals surface area contributed by atoms with E-state index < -0.39 is 5.97 Å². The minimum atomic E-state index is -0.906. The Balaban J connectivity index is 2.17. The molecule has 0 saturated heterocycles. The van der Waals surface area contributed by atoms with Crippen LogP contribution in [-0.2, 0) is 17.8 Å². The van der Waals surface area contributed by atoms with E-state index in [1.54, 1.807) is 4.68 Å². The molecule has 0 aliphatic rings. The number of nitrogens with two attached hydrogens (primary N) is 1. The molecule has 2 aromatic rings. The van der Waals surface area contributed by atoms with Gasteiger partial charge < -0.3 is 10.8 Å². The van der Waals surface area contributed by atoms with Gasteiger partial charge in [-0.25, -0.2) is 4.68 Å². The van der Waals surface area contributed by atoms with Crippen molar-refractivity contribution < 1.29 is 9.90 Å². The van der Waals surface area contributed by atoms with Crippen LogP contribution in [0.15, 0.2) is 30.5 Å². The highest BCUT2D eigenvalue weighted by molar-refractivity contribution is 5.72. The Morgan fingerprint density at radius 3 is 2.67 bits per heavy atom. The van der Waals surface area contributed by atoms with Gasteiger partial charge in [-0.15, -0.1) is 0 Å². The first-order valence-electron chi connectivity index (χ1n) is 5.64. The zero-order chi connectivity index (χ0) is 13.1. The van der Waals surface area contributed by atoms with Crippen molar-refractivity contribution in [1.82, 2.24) is 9.78 Å². The zero-order valence-corrected chi connectivity index (χ0v) is 10.1. The van der Waals surface area contributed by atoms with Crippen molar-refractivity contribution in [2.24, 2.45) is 0 Å². The number of carboxylic acids is 1. The molecule has 1 aromatic carbocycles. The number of carbonyl (C=O) groups is 1. The van der Waals surface area contributed by atoms with E-state index in [1.165, 1.54) is 11.8 Å². The second-order valence-corrected chi connectivity index (χ2v) is 4.27. The molecule has 1 aromatic heterocycles. The number of carboxylic acid groups (broad SMARTS) is 1. The van der Waals surface area contributed by atoms with Gasteiger partial charge in [0.05, 0.1) is 19.2 Å². The molecule has 3 N–H and O–H groups in total. The minimum Gasteiger partial charge on any atom is -0.481 e. The van der Waals surface area contributed by atoms with Gasteiger partial charge in [0, 0.05) is 5.56 Å². The van der Waals surface area contributed by atoms with Crippen LogP contribution in [0.2, 0.25) is 0 Å². The van der Waals surface area contributed by atoms with Crippen LogP contribution in [-0.4, -0.2) is 20.9 Å². The summed E-state index contributed by atoms with van der Waals surface area (Å²) in [6.07, 6.45) is 1.41. The number of aryl methyl sites for hydroxylation is 1. The predicted octanol–water partition coefficient (Wildman–Crippen LogP) is 1.45. The number of nitrogens with zero attached hydrogens (tertiary/aromatic N) is 2. The van der Waals surface area contributed by atoms with Gasteiger partial charge in [0.25, 0.3) is 0 Å². The Kier molecular flexibility index (Phi) is 3.32. The Morgan fingerprint density at radius 2 is 2.06 bits per heavy atom. The molecule has 0 atom stereocenters. The molecule has 0 radical (unpaired) electrons. The number of benzene rings is 1. The van der Waals surface area contributed by atoms with Crippen molar-refractivity contribution in [2.45, 2.75) is 19.9 Å². The van der Waals surface area contributed by atoms with Crippen LogP contribution in [0.1, 0.15) is 16.7 Å². The molecule has 18 heavy (non-hydrogen) atoms. The standard InChI is InChI=1S/C13H15N3O2/c1-9-2-4-10(5-3-9)8-16-13(14)11(7-15-16)6-12(17)18/h2-5,7H,6,8,14H2,1H3,(H,17,18). The molecule has 94 valence electrons. The summed E-state index contributed by atoms with van der Waals surface area (Å²) in [4.78, 5) is 10.6. The van der Waals surface area contributed by atoms with Gasteiger partial charge in [-0.3, -0.25) is 4.79 Å². The SMILES string of the molecule is Cc1ccc(Cn2ncc(CC(=O)O)c2N)cc1. The Labute approximate surface area is 105 Å². The fraction of sp³-hybridized carbons (Fsp3) is 0.231. The number of nitrogen functional groups attached to an aromatic ring is 1. The molecule has 0 aliphatic carbocycles. The monoisotopic (exact) mass is 245 g/mol. The molecule has 0 fully saturated rings. The van der Waals surface area contributed by atoms with E-state index in [1.807, 2.05) is 31.2 Å². The van der Waals surface area contributed by atoms with Crippen molar-refractivity contribution in [3.63, 3.8) is 0 Å². The molecular formula is C13H15N3O2. The average Bonchev–Trinajstić information content (AvgIpc) is 2.64. The number of aromatic nitrogens is 2. The molecule has 5 nitrogen and oxygen atoms in total. The summed E-state index contributed by atoms with van der Waals surface area (Å²) >= 11 is 0. The highest BCUT2D eigenvalue weighted by Crippen LogP contribution is 2.14. The maximum Gasteiger partial charge on any atom is 0.308 e. The summed E-state index contributed by atoms with van der Waals surface area (Å²) in [6, 6.07) is 8.06. The van der Waals surface area contributed by atoms with Crippen LogP contribution in [0.5, 0.6) is 0 Å². The number of hydrogen-bond acceptors (Lipinski definition) is 3. The molecule has 0 bridgehead atoms. The lowest BCUT2D eigenvalue weighted by atomic mass is 10.1. The Hall–Kier alpha value is -2.30. The smallest absolute Gasteiger partial charge is 0.308 e. The largest absolute Gasteiger partial charge is 0.481 e. The van der Waals surface area contributed by atoms with Gasteiger partial charge in [-0.1, -0.05) is 29.8 Å². The first-order chi connectivity index (χ1) is 8.56. The Morgan fingerprint density at radius 1 is 1.39 bits per heavy atom. The summed E-state index contributed by atoms with van der Waals surface area (Å²) in [6.45, 7) is 2.57. The third-order valence-corrected chi connectivity index (χ3v) is 2.75. The molecule has 0 saturated carbocycles. The summed E-state index contributed by atoms with van der Waals surface area (Å²) in [5.41, 5.74) is 8.69. The van der Waals surface area contributed by atoms with Crippen molar-refractivity contribution in [3.8, 4) is 0 Å². The number of aliphatic carboxylic acids is 1. The molecule has 2 rings (SSSR count). The molecule has 0 unspecified atom stereocenters. The first-order valence-corrected chi connectivity index (χ1v) is 5.64. The Bertz CT molecular complexity index is 558. The molecular weight excluding hydrogens is 230 g/mol. The summed E-state index contributed by atoms with van der Waals surface area (Å²) in [5, 5.41) is 12.8. The highest BCUT2D eigenvalue weighted by Gasteiger charge is 2.10. The van der Waals surface area contributed by atoms with Crippen molar-refractivity contribution in [1.29, 1.82) is 0 Å². The lowest BCUT2D eigenvalue weighted by Crippen LogP contribution is -2.08. The maximum atomic E-state index is 10.6. The van der Waals surface area contributed by atoms with Gasteiger partial charge >= 0.3 is 5.97 Å². The van der Waals surface area contributed by atoms with Crippen LogP contribution in [0.4, 0.5) is 5.82 Å².